The molecule has 3 aromatic rings. The summed E-state index contributed by atoms with van der Waals surface area (Å²) in [4.78, 5) is 19.1. The summed E-state index contributed by atoms with van der Waals surface area (Å²) in [5.74, 6) is 1.01. The molecule has 0 radical (unpaired) electrons. The molecule has 3 heterocycles. The molecule has 0 bridgehead atoms. The van der Waals surface area contributed by atoms with E-state index in [0.29, 0.717) is 51.7 Å². The van der Waals surface area contributed by atoms with E-state index in [4.69, 9.17) is 15.0 Å². The molecule has 4 atom stereocenters. The van der Waals surface area contributed by atoms with Crippen molar-refractivity contribution in [2.24, 2.45) is 17.3 Å². The van der Waals surface area contributed by atoms with Crippen molar-refractivity contribution in [3.63, 3.8) is 0 Å². The summed E-state index contributed by atoms with van der Waals surface area (Å²) < 4.78 is 24.9. The van der Waals surface area contributed by atoms with Crippen LogP contribution >= 0.6 is 11.3 Å². The Balaban J connectivity index is 1.37. The van der Waals surface area contributed by atoms with Crippen LogP contribution in [-0.4, -0.2) is 68.9 Å². The minimum Gasteiger partial charge on any atom is -0.388 e. The van der Waals surface area contributed by atoms with Gasteiger partial charge in [-0.05, 0) is 56.4 Å². The van der Waals surface area contributed by atoms with Gasteiger partial charge in [0.1, 0.15) is 32.3 Å². The van der Waals surface area contributed by atoms with E-state index in [9.17, 15) is 18.6 Å². The molecule has 0 amide bonds. The molecule has 0 saturated heterocycles. The minimum atomic E-state index is -3.32. The van der Waals surface area contributed by atoms with Crippen LogP contribution in [0.15, 0.2) is 12.3 Å². The van der Waals surface area contributed by atoms with E-state index in [1.807, 2.05) is 19.2 Å². The van der Waals surface area contributed by atoms with Crippen LogP contribution in [0.3, 0.4) is 0 Å². The van der Waals surface area contributed by atoms with Crippen LogP contribution in [0.5, 0.6) is 0 Å². The Kier molecular flexibility index (Phi) is 6.40. The molecule has 3 fully saturated rings. The van der Waals surface area contributed by atoms with Crippen molar-refractivity contribution in [3.05, 3.63) is 23.7 Å². The maximum absolute atomic E-state index is 11.9. The molecule has 0 aliphatic heterocycles. The van der Waals surface area contributed by atoms with Crippen molar-refractivity contribution in [2.75, 3.05) is 29.2 Å². The summed E-state index contributed by atoms with van der Waals surface area (Å²) in [5.41, 5.74) is 1.81. The first-order chi connectivity index (χ1) is 18.3. The molecule has 6 rings (SSSR count). The Bertz CT molecular complexity index is 1540. The van der Waals surface area contributed by atoms with Gasteiger partial charge in [-0.2, -0.15) is 4.98 Å². The zero-order valence-corrected chi connectivity index (χ0v) is 24.4. The monoisotopic (exact) mass is 572 g/mol. The minimum absolute atomic E-state index is 0.186. The van der Waals surface area contributed by atoms with Crippen LogP contribution in [0.25, 0.3) is 20.8 Å². The van der Waals surface area contributed by atoms with Gasteiger partial charge in [-0.3, -0.25) is 4.98 Å². The molecule has 12 heteroatoms. The lowest BCUT2D eigenvalue weighted by molar-refractivity contribution is -0.0442. The lowest BCUT2D eigenvalue weighted by Gasteiger charge is -2.31. The highest BCUT2D eigenvalue weighted by Gasteiger charge is 2.48. The summed E-state index contributed by atoms with van der Waals surface area (Å²) >= 11 is 1.52. The lowest BCUT2D eigenvalue weighted by Crippen LogP contribution is -2.48. The summed E-state index contributed by atoms with van der Waals surface area (Å²) in [7, 11) is -3.32. The number of nitrogens with zero attached hydrogens (tertiary/aromatic N) is 4. The van der Waals surface area contributed by atoms with Gasteiger partial charge in [0.25, 0.3) is 0 Å². The molecule has 10 nitrogen and oxygen atoms in total. The van der Waals surface area contributed by atoms with Crippen molar-refractivity contribution < 1.29 is 18.6 Å². The Hall–Kier alpha value is -2.41. The number of hydrogen-bond donors (Lipinski definition) is 4. The molecule has 210 valence electrons. The van der Waals surface area contributed by atoms with Crippen LogP contribution in [0, 0.1) is 24.2 Å². The Morgan fingerprint density at radius 2 is 1.92 bits per heavy atom. The largest absolute Gasteiger partial charge is 0.388 e. The van der Waals surface area contributed by atoms with Crippen LogP contribution < -0.4 is 10.6 Å². The van der Waals surface area contributed by atoms with Crippen LogP contribution in [0.4, 0.5) is 11.8 Å². The van der Waals surface area contributed by atoms with E-state index in [0.717, 1.165) is 48.0 Å². The zero-order chi connectivity index (χ0) is 27.7. The normalized spacial score (nSPS) is 28.1. The SMILES string of the molecule is Cc1nc(NCC2CC2(C)C)nc(NC2(O)CCC(CS(C)(=O)=O)C2O)c1-c1nc2c(C3CC3)nccc2s1. The van der Waals surface area contributed by atoms with E-state index in [1.165, 1.54) is 11.3 Å². The van der Waals surface area contributed by atoms with Crippen LogP contribution in [0.1, 0.15) is 63.3 Å². The molecule has 3 aliphatic rings. The molecule has 4 unspecified atom stereocenters. The molecule has 4 N–H and O–H groups in total. The number of aryl methyl sites for hydroxylation is 1. The Morgan fingerprint density at radius 3 is 2.59 bits per heavy atom. The highest BCUT2D eigenvalue weighted by molar-refractivity contribution is 7.90. The fraction of sp³-hybridized carbons (Fsp3) is 0.630. The first kappa shape index (κ1) is 26.8. The number of anilines is 2. The fourth-order valence-electron chi connectivity index (χ4n) is 5.78. The number of aromatic nitrogens is 4. The molecular formula is C27H36N6O4S2. The third-order valence-corrected chi connectivity index (χ3v) is 10.6. The predicted molar refractivity (Wildman–Crippen MR) is 153 cm³/mol. The number of aliphatic hydroxyl groups is 2. The second-order valence-corrected chi connectivity index (χ2v) is 15.6. The maximum Gasteiger partial charge on any atom is 0.224 e. The van der Waals surface area contributed by atoms with Gasteiger partial charge in [0, 0.05) is 30.8 Å². The zero-order valence-electron chi connectivity index (χ0n) is 22.7. The third kappa shape index (κ3) is 5.36. The summed E-state index contributed by atoms with van der Waals surface area (Å²) in [5, 5.41) is 29.7. The van der Waals surface area contributed by atoms with Crippen molar-refractivity contribution in [3.8, 4) is 10.6 Å². The quantitative estimate of drug-likeness (QED) is 0.279. The number of hydrogen-bond acceptors (Lipinski definition) is 11. The number of thiazole rings is 1. The van der Waals surface area contributed by atoms with E-state index in [2.05, 4.69) is 29.5 Å². The summed E-state index contributed by atoms with van der Waals surface area (Å²) in [6.45, 7) is 7.11. The predicted octanol–water partition coefficient (Wildman–Crippen LogP) is 3.71. The van der Waals surface area contributed by atoms with Crippen molar-refractivity contribution in [2.45, 2.75) is 70.6 Å². The maximum atomic E-state index is 11.9. The second-order valence-electron chi connectivity index (χ2n) is 12.3. The van der Waals surface area contributed by atoms with Gasteiger partial charge >= 0.3 is 0 Å². The summed E-state index contributed by atoms with van der Waals surface area (Å²) in [6.07, 6.45) is 5.62. The number of sulfone groups is 1. The van der Waals surface area contributed by atoms with E-state index in [1.54, 1.807) is 0 Å². The average molecular weight is 573 g/mol. The Morgan fingerprint density at radius 1 is 1.18 bits per heavy atom. The first-order valence-electron chi connectivity index (χ1n) is 13.6. The smallest absolute Gasteiger partial charge is 0.224 e. The van der Waals surface area contributed by atoms with E-state index < -0.39 is 27.6 Å². The first-order valence-corrected chi connectivity index (χ1v) is 16.5. The number of pyridine rings is 1. The lowest BCUT2D eigenvalue weighted by atomic mass is 10.0. The number of fused-ring (bicyclic) bond motifs is 1. The highest BCUT2D eigenvalue weighted by Crippen LogP contribution is 2.51. The molecule has 0 aromatic carbocycles. The molecule has 3 aromatic heterocycles. The molecular weight excluding hydrogens is 536 g/mol. The van der Waals surface area contributed by atoms with Gasteiger partial charge in [0.05, 0.1) is 27.4 Å². The molecule has 3 saturated carbocycles. The second kappa shape index (κ2) is 9.32. The van der Waals surface area contributed by atoms with E-state index in [-0.39, 0.29) is 12.2 Å². The third-order valence-electron chi connectivity index (χ3n) is 8.51. The average Bonchev–Trinajstić information content (AvgIpc) is 3.72. The molecule has 39 heavy (non-hydrogen) atoms. The van der Waals surface area contributed by atoms with Gasteiger partial charge in [0.2, 0.25) is 5.95 Å². The van der Waals surface area contributed by atoms with Gasteiger partial charge in [-0.15, -0.1) is 11.3 Å². The molecule has 0 spiro atoms. The van der Waals surface area contributed by atoms with Crippen LogP contribution in [0.2, 0.25) is 0 Å². The van der Waals surface area contributed by atoms with E-state index >= 15 is 0 Å². The van der Waals surface area contributed by atoms with Crippen molar-refractivity contribution >= 4 is 43.2 Å². The Labute approximate surface area is 232 Å². The topological polar surface area (TPSA) is 150 Å². The van der Waals surface area contributed by atoms with Gasteiger partial charge in [-0.25, -0.2) is 18.4 Å². The highest BCUT2D eigenvalue weighted by atomic mass is 32.2. The number of rotatable bonds is 9. The number of aliphatic hydroxyl groups excluding tert-OH is 1. The number of nitrogens with one attached hydrogen (secondary N) is 2. The fourth-order valence-corrected chi connectivity index (χ4v) is 7.97. The summed E-state index contributed by atoms with van der Waals surface area (Å²) in [6, 6.07) is 1.96. The van der Waals surface area contributed by atoms with Crippen LogP contribution in [-0.2, 0) is 9.84 Å². The molecule has 3 aliphatic carbocycles. The van der Waals surface area contributed by atoms with Gasteiger partial charge < -0.3 is 20.8 Å². The van der Waals surface area contributed by atoms with Crippen molar-refractivity contribution in [1.82, 2.24) is 19.9 Å². The van der Waals surface area contributed by atoms with Gasteiger partial charge in [-0.1, -0.05) is 13.8 Å². The van der Waals surface area contributed by atoms with Crippen molar-refractivity contribution in [1.29, 1.82) is 0 Å². The standard InChI is InChI=1S/C27H36N6O4S2/c1-14-19(24-31-21-18(38-24)8-10-28-20(21)15-5-6-15)23(32-25(30-14)29-12-17-11-26(17,2)3)33-27(35)9-7-16(22(27)34)13-39(4,36)37/h8,10,15-17,22,34-35H,5-7,9,11-13H2,1-4H3,(H2,29,30,32,33). The van der Waals surface area contributed by atoms with Gasteiger partial charge in [0.15, 0.2) is 5.72 Å².